The third-order valence-corrected chi connectivity index (χ3v) is 2.42. The van der Waals surface area contributed by atoms with E-state index in [1.54, 1.807) is 0 Å². The maximum absolute atomic E-state index is 10.7. The third kappa shape index (κ3) is 10.2. The summed E-state index contributed by atoms with van der Waals surface area (Å²) in [4.78, 5) is 10.7. The van der Waals surface area contributed by atoms with Crippen molar-refractivity contribution in [1.29, 1.82) is 0 Å². The van der Waals surface area contributed by atoms with Gasteiger partial charge in [0.2, 0.25) is 0 Å². The third-order valence-electron chi connectivity index (χ3n) is 2.42. The normalized spacial score (nSPS) is 9.75. The SMILES string of the molecule is CC.CC.CC.COc1cc(C(C)O)c(N=O)cc1OCCCO. The van der Waals surface area contributed by atoms with Crippen molar-refractivity contribution in [2.45, 2.75) is 61.0 Å². The Bertz CT molecular complexity index is 409. The van der Waals surface area contributed by atoms with Crippen molar-refractivity contribution >= 4 is 5.69 Å². The smallest absolute Gasteiger partial charge is 0.163 e. The lowest BCUT2D eigenvalue weighted by atomic mass is 10.1. The van der Waals surface area contributed by atoms with Gasteiger partial charge in [0.05, 0.1) is 19.8 Å². The number of aliphatic hydroxyl groups excluding tert-OH is 2. The number of methoxy groups -OCH3 is 1. The Morgan fingerprint density at radius 2 is 1.62 bits per heavy atom. The number of nitrogens with zero attached hydrogens (tertiary/aromatic N) is 1. The van der Waals surface area contributed by atoms with Crippen LogP contribution in [0, 0.1) is 4.91 Å². The van der Waals surface area contributed by atoms with Gasteiger partial charge in [0, 0.05) is 24.7 Å². The van der Waals surface area contributed by atoms with E-state index in [-0.39, 0.29) is 12.3 Å². The molecule has 1 unspecified atom stereocenters. The van der Waals surface area contributed by atoms with Crippen LogP contribution in [0.2, 0.25) is 0 Å². The van der Waals surface area contributed by atoms with Crippen molar-refractivity contribution in [1.82, 2.24) is 0 Å². The Morgan fingerprint density at radius 1 is 1.08 bits per heavy atom. The zero-order valence-electron chi connectivity index (χ0n) is 16.4. The summed E-state index contributed by atoms with van der Waals surface area (Å²) in [5.41, 5.74) is 0.501. The monoisotopic (exact) mass is 345 g/mol. The van der Waals surface area contributed by atoms with Crippen LogP contribution in [-0.4, -0.2) is 30.5 Å². The molecule has 1 atom stereocenters. The molecule has 0 aliphatic carbocycles. The maximum Gasteiger partial charge on any atom is 0.163 e. The quantitative estimate of drug-likeness (QED) is 0.537. The summed E-state index contributed by atoms with van der Waals surface area (Å²) in [7, 11) is 1.47. The van der Waals surface area contributed by atoms with E-state index in [1.165, 1.54) is 26.2 Å². The van der Waals surface area contributed by atoms with Gasteiger partial charge in [-0.05, 0) is 18.2 Å². The first-order valence-corrected chi connectivity index (χ1v) is 8.61. The van der Waals surface area contributed by atoms with E-state index in [4.69, 9.17) is 14.6 Å². The average molecular weight is 345 g/mol. The first kappa shape index (κ1) is 27.2. The molecule has 0 bridgehead atoms. The van der Waals surface area contributed by atoms with Gasteiger partial charge in [0.25, 0.3) is 0 Å². The number of rotatable bonds is 7. The molecule has 0 saturated carbocycles. The largest absolute Gasteiger partial charge is 0.493 e. The van der Waals surface area contributed by atoms with Crippen molar-refractivity contribution in [3.63, 3.8) is 0 Å². The fourth-order valence-electron chi connectivity index (χ4n) is 1.50. The molecule has 0 aliphatic heterocycles. The molecule has 0 saturated heterocycles. The minimum atomic E-state index is -0.821. The molecule has 1 aromatic carbocycles. The van der Waals surface area contributed by atoms with Gasteiger partial charge in [-0.15, -0.1) is 4.91 Å². The zero-order valence-corrected chi connectivity index (χ0v) is 16.4. The molecular formula is C18H35NO5. The van der Waals surface area contributed by atoms with E-state index < -0.39 is 6.10 Å². The molecule has 6 nitrogen and oxygen atoms in total. The lowest BCUT2D eigenvalue weighted by molar-refractivity contribution is 0.198. The Balaban J connectivity index is -0.000000659. The van der Waals surface area contributed by atoms with Crippen LogP contribution in [0.1, 0.15) is 66.6 Å². The highest BCUT2D eigenvalue weighted by atomic mass is 16.5. The van der Waals surface area contributed by atoms with Crippen molar-refractivity contribution in [3.05, 3.63) is 22.6 Å². The molecule has 6 heteroatoms. The zero-order chi connectivity index (χ0) is 19.5. The van der Waals surface area contributed by atoms with Crippen molar-refractivity contribution < 1.29 is 19.7 Å². The Kier molecular flexibility index (Phi) is 22.0. The second kappa shape index (κ2) is 19.4. The molecule has 0 aliphatic rings. The number of benzene rings is 1. The van der Waals surface area contributed by atoms with E-state index >= 15 is 0 Å². The van der Waals surface area contributed by atoms with E-state index in [0.29, 0.717) is 30.1 Å². The van der Waals surface area contributed by atoms with Gasteiger partial charge >= 0.3 is 0 Å². The Labute approximate surface area is 146 Å². The summed E-state index contributed by atoms with van der Waals surface area (Å²) in [6.45, 7) is 13.9. The number of ether oxygens (including phenoxy) is 2. The van der Waals surface area contributed by atoms with Crippen LogP contribution in [-0.2, 0) is 0 Å². The Hall–Kier alpha value is -1.66. The van der Waals surface area contributed by atoms with Gasteiger partial charge in [-0.2, -0.15) is 0 Å². The molecule has 0 heterocycles. The summed E-state index contributed by atoms with van der Waals surface area (Å²) >= 11 is 0. The lowest BCUT2D eigenvalue weighted by Crippen LogP contribution is -2.02. The van der Waals surface area contributed by atoms with Gasteiger partial charge in [-0.1, -0.05) is 41.5 Å². The Morgan fingerprint density at radius 3 is 2.00 bits per heavy atom. The first-order chi connectivity index (χ1) is 11.6. The highest BCUT2D eigenvalue weighted by Gasteiger charge is 2.15. The average Bonchev–Trinajstić information content (AvgIpc) is 2.66. The van der Waals surface area contributed by atoms with Gasteiger partial charge in [0.1, 0.15) is 5.69 Å². The standard InChI is InChI=1S/C12H17NO5.3C2H6/c1-8(15)9-6-11(17-2)12(7-10(9)13-16)18-5-3-4-14;3*1-2/h6-8,14-15H,3-5H2,1-2H3;3*1-2H3. The van der Waals surface area contributed by atoms with Crippen LogP contribution in [0.3, 0.4) is 0 Å². The molecule has 0 spiro atoms. The second-order valence-electron chi connectivity index (χ2n) is 3.75. The van der Waals surface area contributed by atoms with E-state index in [2.05, 4.69) is 5.18 Å². The summed E-state index contributed by atoms with van der Waals surface area (Å²) in [5, 5.41) is 21.1. The van der Waals surface area contributed by atoms with Gasteiger partial charge < -0.3 is 19.7 Å². The molecule has 0 amide bonds. The minimum absolute atomic E-state index is 0.0207. The number of hydrogen-bond donors (Lipinski definition) is 2. The molecule has 0 fully saturated rings. The van der Waals surface area contributed by atoms with Crippen molar-refractivity contribution in [2.24, 2.45) is 5.18 Å². The fourth-order valence-corrected chi connectivity index (χ4v) is 1.50. The predicted octanol–water partition coefficient (Wildman–Crippen LogP) is 4.99. The molecule has 142 valence electrons. The summed E-state index contributed by atoms with van der Waals surface area (Å²) in [6.07, 6.45) is -0.344. The van der Waals surface area contributed by atoms with Crippen LogP contribution in [0.25, 0.3) is 0 Å². The van der Waals surface area contributed by atoms with Crippen LogP contribution >= 0.6 is 0 Å². The number of aliphatic hydroxyl groups is 2. The molecule has 1 aromatic rings. The molecular weight excluding hydrogens is 310 g/mol. The summed E-state index contributed by atoms with van der Waals surface area (Å²) < 4.78 is 10.5. The van der Waals surface area contributed by atoms with Gasteiger partial charge in [-0.25, -0.2) is 0 Å². The summed E-state index contributed by atoms with van der Waals surface area (Å²) in [5.74, 6) is 0.779. The molecule has 1 rings (SSSR count). The first-order valence-electron chi connectivity index (χ1n) is 8.61. The fraction of sp³-hybridized carbons (Fsp3) is 0.667. The topological polar surface area (TPSA) is 88.4 Å². The second-order valence-corrected chi connectivity index (χ2v) is 3.75. The van der Waals surface area contributed by atoms with E-state index in [9.17, 15) is 10.0 Å². The van der Waals surface area contributed by atoms with E-state index in [1.807, 2.05) is 41.5 Å². The highest BCUT2D eigenvalue weighted by molar-refractivity contribution is 5.58. The minimum Gasteiger partial charge on any atom is -0.493 e. The maximum atomic E-state index is 10.7. The molecule has 2 N–H and O–H groups in total. The van der Waals surface area contributed by atoms with Gasteiger partial charge in [0.15, 0.2) is 11.5 Å². The van der Waals surface area contributed by atoms with Crippen molar-refractivity contribution in [3.8, 4) is 11.5 Å². The number of nitroso groups, excluding NO2 is 1. The predicted molar refractivity (Wildman–Crippen MR) is 100 cm³/mol. The highest BCUT2D eigenvalue weighted by Crippen LogP contribution is 2.37. The van der Waals surface area contributed by atoms with Crippen molar-refractivity contribution in [2.75, 3.05) is 20.3 Å². The van der Waals surface area contributed by atoms with Crippen LogP contribution in [0.5, 0.6) is 11.5 Å². The molecule has 0 aromatic heterocycles. The lowest BCUT2D eigenvalue weighted by Gasteiger charge is -2.14. The number of hydrogen-bond acceptors (Lipinski definition) is 6. The summed E-state index contributed by atoms with van der Waals surface area (Å²) in [6, 6.07) is 2.95. The van der Waals surface area contributed by atoms with Crippen LogP contribution in [0.4, 0.5) is 5.69 Å². The molecule has 24 heavy (non-hydrogen) atoms. The van der Waals surface area contributed by atoms with Crippen LogP contribution in [0.15, 0.2) is 17.3 Å². The van der Waals surface area contributed by atoms with Crippen LogP contribution < -0.4 is 9.47 Å². The van der Waals surface area contributed by atoms with E-state index in [0.717, 1.165) is 0 Å². The van der Waals surface area contributed by atoms with Gasteiger partial charge in [-0.3, -0.25) is 0 Å². The molecule has 0 radical (unpaired) electrons.